The number of benzene rings is 2. The molecular weight excluding hydrogens is 374 g/mol. The van der Waals surface area contributed by atoms with E-state index in [1.165, 1.54) is 0 Å². The first-order valence-corrected chi connectivity index (χ1v) is 9.16. The molecule has 0 unspecified atom stereocenters. The Kier molecular flexibility index (Phi) is 5.03. The van der Waals surface area contributed by atoms with Crippen LogP contribution < -0.4 is 14.2 Å². The molecule has 2 heterocycles. The highest BCUT2D eigenvalue weighted by Crippen LogP contribution is 2.41. The zero-order chi connectivity index (χ0) is 20.4. The van der Waals surface area contributed by atoms with E-state index in [0.29, 0.717) is 34.5 Å². The van der Waals surface area contributed by atoms with E-state index in [0.717, 1.165) is 29.6 Å². The van der Waals surface area contributed by atoms with Crippen LogP contribution >= 0.6 is 0 Å². The first-order valence-electron chi connectivity index (χ1n) is 9.16. The molecule has 0 fully saturated rings. The van der Waals surface area contributed by atoms with Gasteiger partial charge >= 0.3 is 0 Å². The summed E-state index contributed by atoms with van der Waals surface area (Å²) < 4.78 is 23.5. The molecule has 0 saturated carbocycles. The van der Waals surface area contributed by atoms with Gasteiger partial charge in [0.25, 0.3) is 5.89 Å². The molecule has 150 valence electrons. The van der Waals surface area contributed by atoms with Crippen molar-refractivity contribution < 1.29 is 18.7 Å². The van der Waals surface area contributed by atoms with Crippen LogP contribution in [0.2, 0.25) is 0 Å². The van der Waals surface area contributed by atoms with Gasteiger partial charge in [0.1, 0.15) is 5.52 Å². The number of aryl methyl sites for hydroxylation is 1. The minimum atomic E-state index is 0.342. The van der Waals surface area contributed by atoms with Crippen LogP contribution in [-0.2, 0) is 6.54 Å². The third kappa shape index (κ3) is 3.35. The lowest BCUT2D eigenvalue weighted by atomic mass is 10.1. The fourth-order valence-electron chi connectivity index (χ4n) is 3.15. The molecule has 29 heavy (non-hydrogen) atoms. The maximum absolute atomic E-state index is 5.48. The Labute approximate surface area is 167 Å². The first-order chi connectivity index (χ1) is 14.2. The smallest absolute Gasteiger partial charge is 0.258 e. The van der Waals surface area contributed by atoms with Gasteiger partial charge in [-0.05, 0) is 36.8 Å². The van der Waals surface area contributed by atoms with Crippen LogP contribution in [0.5, 0.6) is 17.2 Å². The lowest BCUT2D eigenvalue weighted by Crippen LogP contribution is -1.98. The van der Waals surface area contributed by atoms with Crippen LogP contribution in [0.3, 0.4) is 0 Å². The van der Waals surface area contributed by atoms with Crippen molar-refractivity contribution >= 4 is 11.0 Å². The minimum absolute atomic E-state index is 0.342. The van der Waals surface area contributed by atoms with E-state index < -0.39 is 0 Å². The molecule has 0 spiro atoms. The highest BCUT2D eigenvalue weighted by Gasteiger charge is 2.18. The van der Waals surface area contributed by atoms with Gasteiger partial charge < -0.3 is 18.7 Å². The van der Waals surface area contributed by atoms with E-state index >= 15 is 0 Å². The number of hydrogen-bond acceptors (Lipinski definition) is 8. The molecule has 2 aromatic carbocycles. The number of methoxy groups -OCH3 is 3. The molecule has 9 nitrogen and oxygen atoms in total. The van der Waals surface area contributed by atoms with Gasteiger partial charge in [-0.1, -0.05) is 17.3 Å². The number of nitrogens with zero attached hydrogens (tertiary/aromatic N) is 5. The predicted octanol–water partition coefficient (Wildman–Crippen LogP) is 3.58. The van der Waals surface area contributed by atoms with Crippen molar-refractivity contribution in [2.24, 2.45) is 0 Å². The topological polar surface area (TPSA) is 97.3 Å². The van der Waals surface area contributed by atoms with Crippen LogP contribution in [0, 0.1) is 0 Å². The fourth-order valence-corrected chi connectivity index (χ4v) is 3.15. The second kappa shape index (κ2) is 7.78. The molecule has 9 heteroatoms. The van der Waals surface area contributed by atoms with Gasteiger partial charge in [0, 0.05) is 17.7 Å². The molecule has 4 rings (SSSR count). The summed E-state index contributed by atoms with van der Waals surface area (Å²) in [4.78, 5) is 4.52. The number of fused-ring (bicyclic) bond motifs is 1. The average molecular weight is 395 g/mol. The van der Waals surface area contributed by atoms with E-state index in [4.69, 9.17) is 18.7 Å². The number of hydrogen-bond donors (Lipinski definition) is 0. The maximum Gasteiger partial charge on any atom is 0.258 e. The van der Waals surface area contributed by atoms with Crippen LogP contribution in [0.15, 0.2) is 34.9 Å². The molecular formula is C20H21N5O4. The summed E-state index contributed by atoms with van der Waals surface area (Å²) in [5.74, 6) is 2.32. The van der Waals surface area contributed by atoms with Crippen molar-refractivity contribution in [3.8, 4) is 40.1 Å². The number of aromatic nitrogens is 5. The van der Waals surface area contributed by atoms with Gasteiger partial charge in [0.2, 0.25) is 11.6 Å². The summed E-state index contributed by atoms with van der Waals surface area (Å²) in [5.41, 5.74) is 3.22. The molecule has 0 bridgehead atoms. The molecule has 0 aliphatic carbocycles. The first kappa shape index (κ1) is 18.7. The lowest BCUT2D eigenvalue weighted by Gasteiger charge is -2.12. The van der Waals surface area contributed by atoms with Crippen molar-refractivity contribution in [1.82, 2.24) is 25.1 Å². The maximum atomic E-state index is 5.48. The van der Waals surface area contributed by atoms with Crippen molar-refractivity contribution in [1.29, 1.82) is 0 Å². The second-order valence-corrected chi connectivity index (χ2v) is 6.35. The Morgan fingerprint density at radius 3 is 2.38 bits per heavy atom. The summed E-state index contributed by atoms with van der Waals surface area (Å²) >= 11 is 0. The minimum Gasteiger partial charge on any atom is -0.493 e. The summed E-state index contributed by atoms with van der Waals surface area (Å²) in [5, 5.41) is 12.5. The molecule has 0 amide bonds. The number of rotatable bonds is 7. The molecule has 0 saturated heterocycles. The molecule has 0 aliphatic heterocycles. The normalized spacial score (nSPS) is 11.0. The molecule has 0 atom stereocenters. The third-order valence-corrected chi connectivity index (χ3v) is 4.55. The summed E-state index contributed by atoms with van der Waals surface area (Å²) in [7, 11) is 4.67. The van der Waals surface area contributed by atoms with Crippen molar-refractivity contribution in [2.45, 2.75) is 19.9 Å². The summed E-state index contributed by atoms with van der Waals surface area (Å²) in [6.45, 7) is 2.93. The Bertz CT molecular complexity index is 1130. The van der Waals surface area contributed by atoms with Crippen LogP contribution in [0.25, 0.3) is 33.9 Å². The SMILES string of the molecule is CCCn1nnc2cc(-c3noc(-c4cc(OC)c(OC)c(OC)c4)n3)ccc21. The largest absolute Gasteiger partial charge is 0.493 e. The fraction of sp³-hybridized carbons (Fsp3) is 0.300. The standard InChI is InChI=1S/C20H21N5O4/c1-5-8-25-15-7-6-12(9-14(15)22-24-25)19-21-20(29-23-19)13-10-16(26-2)18(28-4)17(11-13)27-3/h6-7,9-11H,5,8H2,1-4H3. The molecule has 0 radical (unpaired) electrons. The molecule has 0 aliphatic rings. The highest BCUT2D eigenvalue weighted by atomic mass is 16.5. The summed E-state index contributed by atoms with van der Waals surface area (Å²) in [6, 6.07) is 9.33. The predicted molar refractivity (Wildman–Crippen MR) is 106 cm³/mol. The van der Waals surface area contributed by atoms with Crippen molar-refractivity contribution in [3.05, 3.63) is 30.3 Å². The summed E-state index contributed by atoms with van der Waals surface area (Å²) in [6.07, 6.45) is 0.989. The van der Waals surface area contributed by atoms with Gasteiger partial charge in [-0.2, -0.15) is 4.98 Å². The van der Waals surface area contributed by atoms with Gasteiger partial charge in [0.05, 0.1) is 26.8 Å². The Morgan fingerprint density at radius 1 is 0.966 bits per heavy atom. The van der Waals surface area contributed by atoms with Crippen LogP contribution in [0.4, 0.5) is 0 Å². The van der Waals surface area contributed by atoms with Gasteiger partial charge in [-0.15, -0.1) is 5.10 Å². The van der Waals surface area contributed by atoms with Crippen LogP contribution in [-0.4, -0.2) is 46.5 Å². The Morgan fingerprint density at radius 2 is 1.72 bits per heavy atom. The molecule has 4 aromatic rings. The third-order valence-electron chi connectivity index (χ3n) is 4.55. The Hall–Kier alpha value is -3.62. The van der Waals surface area contributed by atoms with E-state index in [1.807, 2.05) is 22.9 Å². The Balaban J connectivity index is 1.71. The van der Waals surface area contributed by atoms with E-state index in [-0.39, 0.29) is 0 Å². The van der Waals surface area contributed by atoms with Crippen molar-refractivity contribution in [2.75, 3.05) is 21.3 Å². The molecule has 0 N–H and O–H groups in total. The van der Waals surface area contributed by atoms with Crippen molar-refractivity contribution in [3.63, 3.8) is 0 Å². The van der Waals surface area contributed by atoms with Crippen LogP contribution in [0.1, 0.15) is 13.3 Å². The van der Waals surface area contributed by atoms with E-state index in [1.54, 1.807) is 33.5 Å². The highest BCUT2D eigenvalue weighted by molar-refractivity contribution is 5.80. The lowest BCUT2D eigenvalue weighted by molar-refractivity contribution is 0.324. The zero-order valence-electron chi connectivity index (χ0n) is 16.7. The number of ether oxygens (including phenoxy) is 3. The monoisotopic (exact) mass is 395 g/mol. The van der Waals surface area contributed by atoms with Gasteiger partial charge in [-0.3, -0.25) is 0 Å². The van der Waals surface area contributed by atoms with Gasteiger partial charge in [0.15, 0.2) is 11.5 Å². The van der Waals surface area contributed by atoms with Gasteiger partial charge in [-0.25, -0.2) is 4.68 Å². The molecule has 2 aromatic heterocycles. The quantitative estimate of drug-likeness (QED) is 0.468. The second-order valence-electron chi connectivity index (χ2n) is 6.35. The average Bonchev–Trinajstić information content (AvgIpc) is 3.40. The zero-order valence-corrected chi connectivity index (χ0v) is 16.7. The van der Waals surface area contributed by atoms with E-state index in [9.17, 15) is 0 Å². The van der Waals surface area contributed by atoms with E-state index in [2.05, 4.69) is 27.4 Å².